The first kappa shape index (κ1) is 25.7. The number of hydrogen-bond acceptors (Lipinski definition) is 8. The first-order chi connectivity index (χ1) is 17.2. The zero-order valence-corrected chi connectivity index (χ0v) is 21.2. The van der Waals surface area contributed by atoms with Crippen molar-refractivity contribution >= 4 is 49.7 Å². The monoisotopic (exact) mass is 531 g/mol. The Balaban J connectivity index is 1.37. The lowest BCUT2D eigenvalue weighted by atomic mass is 10.0. The molecule has 1 fully saturated rings. The van der Waals surface area contributed by atoms with E-state index in [4.69, 9.17) is 5.73 Å². The number of rotatable bonds is 10. The molecule has 190 valence electrons. The molecule has 0 unspecified atom stereocenters. The number of benzene rings is 2. The van der Waals surface area contributed by atoms with E-state index < -0.39 is 21.6 Å². The minimum Gasteiger partial charge on any atom is -0.382 e. The fraction of sp³-hybridized carbons (Fsp3) is 0.292. The van der Waals surface area contributed by atoms with Crippen molar-refractivity contribution < 1.29 is 22.4 Å². The van der Waals surface area contributed by atoms with Gasteiger partial charge in [-0.3, -0.25) is 9.59 Å². The predicted octanol–water partition coefficient (Wildman–Crippen LogP) is 3.44. The molecule has 1 aliphatic rings. The van der Waals surface area contributed by atoms with E-state index >= 15 is 0 Å². The quantitative estimate of drug-likeness (QED) is 0.269. The predicted molar refractivity (Wildman–Crippen MR) is 136 cm³/mol. The first-order valence-electron chi connectivity index (χ1n) is 11.4. The number of carbonyl (C=O) groups is 2. The molecule has 1 amide bonds. The average Bonchev–Trinajstić information content (AvgIpc) is 3.41. The minimum atomic E-state index is -3.71. The van der Waals surface area contributed by atoms with Crippen LogP contribution in [-0.2, 0) is 14.8 Å². The number of nitrogens with one attached hydrogen (secondary N) is 2. The molecule has 36 heavy (non-hydrogen) atoms. The highest BCUT2D eigenvalue weighted by atomic mass is 32.2. The van der Waals surface area contributed by atoms with Gasteiger partial charge in [0.25, 0.3) is 0 Å². The summed E-state index contributed by atoms with van der Waals surface area (Å²) >= 11 is 0.987. The van der Waals surface area contributed by atoms with E-state index in [-0.39, 0.29) is 33.6 Å². The van der Waals surface area contributed by atoms with Crippen LogP contribution in [-0.4, -0.2) is 49.6 Å². The van der Waals surface area contributed by atoms with E-state index in [9.17, 15) is 22.4 Å². The Morgan fingerprint density at radius 3 is 2.64 bits per heavy atom. The summed E-state index contributed by atoms with van der Waals surface area (Å²) < 4.78 is 41.9. The van der Waals surface area contributed by atoms with Crippen LogP contribution in [0.1, 0.15) is 40.1 Å². The fourth-order valence-corrected chi connectivity index (χ4v) is 5.85. The number of halogens is 1. The molecule has 0 spiro atoms. The topological polar surface area (TPSA) is 134 Å². The number of nitrogen functional groups attached to an aromatic ring is 1. The molecule has 12 heteroatoms. The first-order valence-corrected chi connectivity index (χ1v) is 13.7. The number of amides is 1. The van der Waals surface area contributed by atoms with Gasteiger partial charge in [0.1, 0.15) is 16.5 Å². The van der Waals surface area contributed by atoms with Crippen molar-refractivity contribution in [1.82, 2.24) is 14.6 Å². The van der Waals surface area contributed by atoms with E-state index in [1.165, 1.54) is 24.3 Å². The van der Waals surface area contributed by atoms with Crippen LogP contribution in [0.25, 0.3) is 0 Å². The lowest BCUT2D eigenvalue weighted by molar-refractivity contribution is -0.127. The highest BCUT2D eigenvalue weighted by Gasteiger charge is 2.23. The van der Waals surface area contributed by atoms with E-state index in [1.54, 1.807) is 30.0 Å². The summed E-state index contributed by atoms with van der Waals surface area (Å²) in [5.74, 6) is -1.08. The van der Waals surface area contributed by atoms with Gasteiger partial charge >= 0.3 is 0 Å². The molecule has 2 aromatic carbocycles. The SMILES string of the molecule is Cc1cccc(F)c1C(=O)c1sc(Nc2ccc(S(=O)(=O)NCCCN3CCCC3=O)cc2)nc1N. The Kier molecular flexibility index (Phi) is 7.67. The fourth-order valence-electron chi connectivity index (χ4n) is 3.92. The molecule has 1 saturated heterocycles. The van der Waals surface area contributed by atoms with Crippen LogP contribution >= 0.6 is 11.3 Å². The number of carbonyl (C=O) groups excluding carboxylic acids is 2. The van der Waals surface area contributed by atoms with E-state index in [0.29, 0.717) is 35.8 Å². The van der Waals surface area contributed by atoms with Gasteiger partial charge < -0.3 is 16.0 Å². The summed E-state index contributed by atoms with van der Waals surface area (Å²) in [6.45, 7) is 3.12. The Morgan fingerprint density at radius 1 is 1.22 bits per heavy atom. The van der Waals surface area contributed by atoms with Crippen LogP contribution < -0.4 is 15.8 Å². The van der Waals surface area contributed by atoms with Crippen molar-refractivity contribution in [2.24, 2.45) is 0 Å². The van der Waals surface area contributed by atoms with E-state index in [0.717, 1.165) is 24.3 Å². The molecule has 0 radical (unpaired) electrons. The summed E-state index contributed by atoms with van der Waals surface area (Å²) in [4.78, 5) is 30.6. The Morgan fingerprint density at radius 2 is 1.97 bits per heavy atom. The number of hydrogen-bond donors (Lipinski definition) is 3. The second-order valence-corrected chi connectivity index (χ2v) is 11.1. The number of nitrogens with zero attached hydrogens (tertiary/aromatic N) is 2. The van der Waals surface area contributed by atoms with Gasteiger partial charge in [-0.15, -0.1) is 0 Å². The standard InChI is InChI=1S/C24H26FN5O4S2/c1-15-5-2-6-18(25)20(15)21(32)22-23(26)29-24(35-22)28-16-8-10-17(11-9-16)36(33,34)27-12-4-14-30-13-3-7-19(30)31/h2,5-6,8-11,27H,3-4,7,12-14,26H2,1H3,(H,28,29). The van der Waals surface area contributed by atoms with Crippen LogP contribution in [0, 0.1) is 12.7 Å². The molecule has 0 aliphatic carbocycles. The zero-order chi connectivity index (χ0) is 25.9. The highest BCUT2D eigenvalue weighted by molar-refractivity contribution is 7.89. The summed E-state index contributed by atoms with van der Waals surface area (Å²) in [6, 6.07) is 10.4. The van der Waals surface area contributed by atoms with Crippen LogP contribution in [0.5, 0.6) is 0 Å². The van der Waals surface area contributed by atoms with Crippen LogP contribution in [0.2, 0.25) is 0 Å². The molecular formula is C24H26FN5O4S2. The Hall–Kier alpha value is -3.35. The molecule has 3 aromatic rings. The number of aryl methyl sites for hydroxylation is 1. The van der Waals surface area contributed by atoms with Gasteiger partial charge in [0.05, 0.1) is 10.5 Å². The Labute approximate surface area is 212 Å². The van der Waals surface area contributed by atoms with Crippen LogP contribution in [0.15, 0.2) is 47.4 Å². The van der Waals surface area contributed by atoms with Crippen molar-refractivity contribution in [3.05, 3.63) is 64.3 Å². The second kappa shape index (κ2) is 10.7. The molecule has 1 aromatic heterocycles. The van der Waals surface area contributed by atoms with Crippen molar-refractivity contribution in [3.8, 4) is 0 Å². The number of aromatic nitrogens is 1. The van der Waals surface area contributed by atoms with Gasteiger partial charge in [-0.1, -0.05) is 23.5 Å². The molecule has 4 N–H and O–H groups in total. The zero-order valence-electron chi connectivity index (χ0n) is 19.6. The minimum absolute atomic E-state index is 0.0193. The molecule has 9 nitrogen and oxygen atoms in total. The van der Waals surface area contributed by atoms with Crippen LogP contribution in [0.3, 0.4) is 0 Å². The number of ketones is 1. The molecule has 4 rings (SSSR count). The van der Waals surface area contributed by atoms with Gasteiger partial charge in [0.15, 0.2) is 5.13 Å². The lowest BCUT2D eigenvalue weighted by Crippen LogP contribution is -2.30. The molecule has 0 saturated carbocycles. The summed E-state index contributed by atoms with van der Waals surface area (Å²) in [6.07, 6.45) is 1.94. The third kappa shape index (κ3) is 5.72. The van der Waals surface area contributed by atoms with Gasteiger partial charge in [-0.2, -0.15) is 0 Å². The number of sulfonamides is 1. The van der Waals surface area contributed by atoms with Crippen molar-refractivity contribution in [2.75, 3.05) is 30.7 Å². The maximum atomic E-state index is 14.2. The number of nitrogens with two attached hydrogens (primary N) is 1. The molecule has 0 atom stereocenters. The van der Waals surface area contributed by atoms with E-state index in [2.05, 4.69) is 15.0 Å². The maximum Gasteiger partial charge on any atom is 0.240 e. The number of thiazole rings is 1. The largest absolute Gasteiger partial charge is 0.382 e. The Bertz CT molecular complexity index is 1370. The lowest BCUT2D eigenvalue weighted by Gasteiger charge is -2.15. The summed E-state index contributed by atoms with van der Waals surface area (Å²) in [7, 11) is -3.71. The summed E-state index contributed by atoms with van der Waals surface area (Å²) in [5, 5.41) is 3.31. The van der Waals surface area contributed by atoms with E-state index in [1.807, 2.05) is 0 Å². The van der Waals surface area contributed by atoms with Crippen molar-refractivity contribution in [2.45, 2.75) is 31.1 Å². The van der Waals surface area contributed by atoms with Gasteiger partial charge in [-0.25, -0.2) is 22.5 Å². The summed E-state index contributed by atoms with van der Waals surface area (Å²) in [5.41, 5.74) is 6.91. The third-order valence-corrected chi connectivity index (χ3v) is 8.26. The number of anilines is 3. The highest BCUT2D eigenvalue weighted by Crippen LogP contribution is 2.31. The number of likely N-dealkylation sites (tertiary alicyclic amines) is 1. The van der Waals surface area contributed by atoms with Crippen molar-refractivity contribution in [3.63, 3.8) is 0 Å². The maximum absolute atomic E-state index is 14.2. The smallest absolute Gasteiger partial charge is 0.240 e. The molecule has 1 aliphatic heterocycles. The molecule has 2 heterocycles. The van der Waals surface area contributed by atoms with Crippen molar-refractivity contribution in [1.29, 1.82) is 0 Å². The van der Waals surface area contributed by atoms with Gasteiger partial charge in [-0.05, 0) is 55.7 Å². The normalized spacial score (nSPS) is 13.8. The molecular weight excluding hydrogens is 505 g/mol. The average molecular weight is 532 g/mol. The van der Waals surface area contributed by atoms with Gasteiger partial charge in [0, 0.05) is 31.7 Å². The third-order valence-electron chi connectivity index (χ3n) is 5.79. The second-order valence-electron chi connectivity index (χ2n) is 8.38. The molecule has 0 bridgehead atoms. The van der Waals surface area contributed by atoms with Gasteiger partial charge in [0.2, 0.25) is 21.7 Å². The van der Waals surface area contributed by atoms with Crippen LogP contribution in [0.4, 0.5) is 21.0 Å².